The number of rotatable bonds is 9. The van der Waals surface area contributed by atoms with Crippen LogP contribution in [0.25, 0.3) is 0 Å². The topological polar surface area (TPSA) is 98.8 Å². The summed E-state index contributed by atoms with van der Waals surface area (Å²) < 4.78 is 16.5. The van der Waals surface area contributed by atoms with Crippen molar-refractivity contribution in [3.8, 4) is 17.4 Å². The molecule has 1 amide bonds. The van der Waals surface area contributed by atoms with Gasteiger partial charge < -0.3 is 24.8 Å². The van der Waals surface area contributed by atoms with Crippen molar-refractivity contribution in [1.29, 1.82) is 0 Å². The van der Waals surface area contributed by atoms with Crippen molar-refractivity contribution in [2.75, 3.05) is 20.2 Å². The average Bonchev–Trinajstić information content (AvgIpc) is 2.73. The molecule has 1 fully saturated rings. The molecule has 1 atom stereocenters. The van der Waals surface area contributed by atoms with E-state index < -0.39 is 17.9 Å². The molecule has 0 bridgehead atoms. The number of hydrogen-bond acceptors (Lipinski definition) is 7. The summed E-state index contributed by atoms with van der Waals surface area (Å²) in [5.41, 5.74) is 0.367. The van der Waals surface area contributed by atoms with Gasteiger partial charge in [-0.3, -0.25) is 4.79 Å². The molecule has 1 saturated heterocycles. The number of carbonyl (C=O) groups is 2. The summed E-state index contributed by atoms with van der Waals surface area (Å²) in [6.07, 6.45) is 2.85. The van der Waals surface area contributed by atoms with Gasteiger partial charge in [0.1, 0.15) is 23.6 Å². The highest BCUT2D eigenvalue weighted by atomic mass is 16.5. The van der Waals surface area contributed by atoms with E-state index in [1.54, 1.807) is 18.2 Å². The van der Waals surface area contributed by atoms with Crippen LogP contribution in [-0.2, 0) is 9.53 Å². The summed E-state index contributed by atoms with van der Waals surface area (Å²) in [6, 6.07) is 9.85. The molecule has 0 saturated carbocycles. The maximum atomic E-state index is 12.6. The summed E-state index contributed by atoms with van der Waals surface area (Å²) in [5.74, 6) is 0.816. The Morgan fingerprint density at radius 3 is 2.53 bits per heavy atom. The molecule has 8 heteroatoms. The van der Waals surface area contributed by atoms with Gasteiger partial charge in [-0.05, 0) is 36.5 Å². The van der Waals surface area contributed by atoms with Crippen molar-refractivity contribution in [1.82, 2.24) is 15.6 Å². The first-order valence-electron chi connectivity index (χ1n) is 10.7. The smallest absolute Gasteiger partial charge is 0.328 e. The van der Waals surface area contributed by atoms with E-state index in [4.69, 9.17) is 14.2 Å². The lowest BCUT2D eigenvalue weighted by atomic mass is 9.88. The molecule has 2 N–H and O–H groups in total. The summed E-state index contributed by atoms with van der Waals surface area (Å²) in [5, 5.41) is 5.91. The van der Waals surface area contributed by atoms with E-state index >= 15 is 0 Å². The van der Waals surface area contributed by atoms with Crippen LogP contribution in [0, 0.1) is 5.41 Å². The van der Waals surface area contributed by atoms with Gasteiger partial charge in [0.2, 0.25) is 5.88 Å². The van der Waals surface area contributed by atoms with Crippen LogP contribution in [0.5, 0.6) is 17.4 Å². The fourth-order valence-corrected chi connectivity index (χ4v) is 3.05. The number of amides is 1. The summed E-state index contributed by atoms with van der Waals surface area (Å²) >= 11 is 0. The number of methoxy groups -OCH3 is 1. The fraction of sp³-hybridized carbons (Fsp3) is 0.458. The largest absolute Gasteiger partial charge is 0.488 e. The normalized spacial score (nSPS) is 14.8. The predicted molar refractivity (Wildman–Crippen MR) is 120 cm³/mol. The van der Waals surface area contributed by atoms with Crippen LogP contribution in [0.2, 0.25) is 0 Å². The molecule has 1 aromatic heterocycles. The minimum atomic E-state index is -0.712. The van der Waals surface area contributed by atoms with Crippen LogP contribution in [0.15, 0.2) is 42.6 Å². The monoisotopic (exact) mass is 441 g/mol. The minimum absolute atomic E-state index is 0.0364. The Bertz CT molecular complexity index is 920. The number of nitrogens with zero attached hydrogens (tertiary/aromatic N) is 1. The molecule has 8 nitrogen and oxygen atoms in total. The van der Waals surface area contributed by atoms with Crippen LogP contribution in [0.4, 0.5) is 0 Å². The van der Waals surface area contributed by atoms with Gasteiger partial charge in [0, 0.05) is 31.4 Å². The van der Waals surface area contributed by atoms with Crippen molar-refractivity contribution >= 4 is 11.9 Å². The van der Waals surface area contributed by atoms with Gasteiger partial charge in [-0.25, -0.2) is 9.78 Å². The Balaban J connectivity index is 1.59. The van der Waals surface area contributed by atoms with Crippen LogP contribution in [0.1, 0.15) is 44.0 Å². The van der Waals surface area contributed by atoms with Crippen molar-refractivity contribution in [3.05, 3.63) is 48.2 Å². The standard InChI is InChI=1S/C24H31N3O5/c1-24(2,3)11-10-20(23(29)30-4)27-22(28)16-8-9-21(26-13-16)32-18-7-5-6-17(12-18)31-19-14-25-15-19/h5-9,12-13,19-20,25H,10-11,14-15H2,1-4H3,(H,27,28)/t20-/m0/s1. The molecule has 172 valence electrons. The number of esters is 1. The molecule has 0 spiro atoms. The minimum Gasteiger partial charge on any atom is -0.488 e. The van der Waals surface area contributed by atoms with E-state index in [1.807, 2.05) is 18.2 Å². The van der Waals surface area contributed by atoms with Gasteiger partial charge in [0.15, 0.2) is 0 Å². The van der Waals surface area contributed by atoms with Gasteiger partial charge in [-0.1, -0.05) is 26.8 Å². The van der Waals surface area contributed by atoms with Crippen LogP contribution in [-0.4, -0.2) is 49.2 Å². The number of pyridine rings is 1. The first-order valence-corrected chi connectivity index (χ1v) is 10.7. The van der Waals surface area contributed by atoms with Gasteiger partial charge >= 0.3 is 5.97 Å². The average molecular weight is 442 g/mol. The first-order chi connectivity index (χ1) is 15.2. The Morgan fingerprint density at radius 2 is 1.94 bits per heavy atom. The second kappa shape index (κ2) is 10.5. The van der Waals surface area contributed by atoms with Gasteiger partial charge in [0.25, 0.3) is 5.91 Å². The predicted octanol–water partition coefficient (Wildman–Crippen LogP) is 3.32. The lowest BCUT2D eigenvalue weighted by Crippen LogP contribution is -2.50. The first kappa shape index (κ1) is 23.5. The number of carbonyl (C=O) groups excluding carboxylic acids is 2. The quantitative estimate of drug-likeness (QED) is 0.576. The summed E-state index contributed by atoms with van der Waals surface area (Å²) in [7, 11) is 1.31. The second-order valence-electron chi connectivity index (χ2n) is 9.01. The Hall–Kier alpha value is -3.13. The lowest BCUT2D eigenvalue weighted by molar-refractivity contribution is -0.143. The number of aromatic nitrogens is 1. The number of benzene rings is 1. The van der Waals surface area contributed by atoms with Crippen LogP contribution in [0.3, 0.4) is 0 Å². The molecule has 3 rings (SSSR count). The zero-order valence-electron chi connectivity index (χ0n) is 19.0. The Labute approximate surface area is 188 Å². The van der Waals surface area contributed by atoms with E-state index in [-0.39, 0.29) is 11.5 Å². The second-order valence-corrected chi connectivity index (χ2v) is 9.01. The van der Waals surface area contributed by atoms with E-state index in [1.165, 1.54) is 13.3 Å². The lowest BCUT2D eigenvalue weighted by Gasteiger charge is -2.27. The maximum absolute atomic E-state index is 12.6. The van der Waals surface area contributed by atoms with Crippen molar-refractivity contribution in [2.45, 2.75) is 45.8 Å². The SMILES string of the molecule is COC(=O)[C@H](CCC(C)(C)C)NC(=O)c1ccc(Oc2cccc(OC3CNC3)c2)nc1. The zero-order valence-corrected chi connectivity index (χ0v) is 19.0. The molecular formula is C24H31N3O5. The van der Waals surface area contributed by atoms with Crippen LogP contribution >= 0.6 is 0 Å². The van der Waals surface area contributed by atoms with Gasteiger partial charge in [0.05, 0.1) is 12.7 Å². The van der Waals surface area contributed by atoms with Gasteiger partial charge in [-0.15, -0.1) is 0 Å². The number of ether oxygens (including phenoxy) is 3. The van der Waals surface area contributed by atoms with E-state index in [9.17, 15) is 9.59 Å². The van der Waals surface area contributed by atoms with E-state index in [0.717, 1.165) is 25.3 Å². The molecule has 32 heavy (non-hydrogen) atoms. The molecule has 0 unspecified atom stereocenters. The van der Waals surface area contributed by atoms with Crippen molar-refractivity contribution < 1.29 is 23.8 Å². The van der Waals surface area contributed by atoms with Crippen LogP contribution < -0.4 is 20.1 Å². The Morgan fingerprint density at radius 1 is 1.19 bits per heavy atom. The molecule has 1 aliphatic heterocycles. The maximum Gasteiger partial charge on any atom is 0.328 e. The molecule has 0 aliphatic carbocycles. The highest BCUT2D eigenvalue weighted by molar-refractivity contribution is 5.96. The number of nitrogens with one attached hydrogen (secondary N) is 2. The molecule has 0 radical (unpaired) electrons. The third-order valence-corrected chi connectivity index (χ3v) is 5.05. The molecule has 2 heterocycles. The molecular weight excluding hydrogens is 410 g/mol. The molecule has 1 aromatic carbocycles. The summed E-state index contributed by atoms with van der Waals surface area (Å²) in [6.45, 7) is 7.92. The summed E-state index contributed by atoms with van der Waals surface area (Å²) in [4.78, 5) is 28.9. The molecule has 1 aliphatic rings. The molecule has 2 aromatic rings. The Kier molecular flexibility index (Phi) is 7.69. The van der Waals surface area contributed by atoms with E-state index in [0.29, 0.717) is 23.6 Å². The highest BCUT2D eigenvalue weighted by Gasteiger charge is 2.24. The number of hydrogen-bond donors (Lipinski definition) is 2. The van der Waals surface area contributed by atoms with Crippen molar-refractivity contribution in [3.63, 3.8) is 0 Å². The third kappa shape index (κ3) is 6.95. The zero-order chi connectivity index (χ0) is 23.1. The highest BCUT2D eigenvalue weighted by Crippen LogP contribution is 2.25. The van der Waals surface area contributed by atoms with E-state index in [2.05, 4.69) is 36.4 Å². The third-order valence-electron chi connectivity index (χ3n) is 5.05. The van der Waals surface area contributed by atoms with Gasteiger partial charge in [-0.2, -0.15) is 0 Å². The fourth-order valence-electron chi connectivity index (χ4n) is 3.05. The van der Waals surface area contributed by atoms with Crippen molar-refractivity contribution in [2.24, 2.45) is 5.41 Å².